The molecule has 1 aromatic rings. The van der Waals surface area contributed by atoms with Gasteiger partial charge in [-0.25, -0.2) is 0 Å². The van der Waals surface area contributed by atoms with Gasteiger partial charge in [-0.05, 0) is 37.3 Å². The molecule has 66 valence electrons. The fourth-order valence-electron chi connectivity index (χ4n) is 2.09. The lowest BCUT2D eigenvalue weighted by atomic mass is 10.0. The molecule has 0 aliphatic heterocycles. The van der Waals surface area contributed by atoms with Crippen molar-refractivity contribution in [1.82, 2.24) is 9.78 Å². The van der Waals surface area contributed by atoms with Crippen LogP contribution < -0.4 is 5.73 Å². The molecule has 2 N–H and O–H groups in total. The standard InChI is InChI=1S/C9H15N3/c1-12-9-3-2-7(4-5-10)8(9)6-11-12/h6-7H,2-5,10H2,1H3. The van der Waals surface area contributed by atoms with Crippen molar-refractivity contribution in [2.75, 3.05) is 6.54 Å². The molecule has 0 saturated carbocycles. The Morgan fingerprint density at radius 1 is 1.75 bits per heavy atom. The Balaban J connectivity index is 2.24. The molecule has 1 aromatic heterocycles. The second kappa shape index (κ2) is 2.90. The van der Waals surface area contributed by atoms with Gasteiger partial charge in [0.1, 0.15) is 0 Å². The Morgan fingerprint density at radius 2 is 2.58 bits per heavy atom. The summed E-state index contributed by atoms with van der Waals surface area (Å²) in [6.07, 6.45) is 5.55. The van der Waals surface area contributed by atoms with Crippen LogP contribution in [0.15, 0.2) is 6.20 Å². The summed E-state index contributed by atoms with van der Waals surface area (Å²) in [6.45, 7) is 0.791. The molecule has 0 radical (unpaired) electrons. The number of rotatable bonds is 2. The first kappa shape index (κ1) is 7.80. The van der Waals surface area contributed by atoms with Gasteiger partial charge in [0.05, 0.1) is 6.20 Å². The molecule has 0 aromatic carbocycles. The normalized spacial score (nSPS) is 21.3. The number of aromatic nitrogens is 2. The van der Waals surface area contributed by atoms with E-state index in [1.165, 1.54) is 24.1 Å². The Labute approximate surface area is 72.6 Å². The first-order valence-corrected chi connectivity index (χ1v) is 4.53. The third-order valence-corrected chi connectivity index (χ3v) is 2.78. The van der Waals surface area contributed by atoms with Crippen molar-refractivity contribution in [3.05, 3.63) is 17.5 Å². The number of aryl methyl sites for hydroxylation is 1. The van der Waals surface area contributed by atoms with Crippen LogP contribution in [0.5, 0.6) is 0 Å². The summed E-state index contributed by atoms with van der Waals surface area (Å²) in [5.74, 6) is 0.679. The van der Waals surface area contributed by atoms with Crippen molar-refractivity contribution in [2.45, 2.75) is 25.2 Å². The molecule has 3 nitrogen and oxygen atoms in total. The molecule has 0 amide bonds. The molecule has 1 atom stereocenters. The van der Waals surface area contributed by atoms with Crippen LogP contribution in [0, 0.1) is 0 Å². The van der Waals surface area contributed by atoms with Gasteiger partial charge in [0.15, 0.2) is 0 Å². The second-order valence-corrected chi connectivity index (χ2v) is 3.48. The maximum Gasteiger partial charge on any atom is 0.0527 e. The van der Waals surface area contributed by atoms with Gasteiger partial charge in [0, 0.05) is 12.7 Å². The Morgan fingerprint density at radius 3 is 3.33 bits per heavy atom. The molecule has 1 unspecified atom stereocenters. The van der Waals surface area contributed by atoms with Crippen molar-refractivity contribution in [3.8, 4) is 0 Å². The van der Waals surface area contributed by atoms with E-state index in [4.69, 9.17) is 5.73 Å². The summed E-state index contributed by atoms with van der Waals surface area (Å²) in [6, 6.07) is 0. The predicted molar refractivity (Wildman–Crippen MR) is 47.9 cm³/mol. The molecule has 0 spiro atoms. The molecule has 0 saturated heterocycles. The highest BCUT2D eigenvalue weighted by Crippen LogP contribution is 2.34. The lowest BCUT2D eigenvalue weighted by Crippen LogP contribution is -2.04. The zero-order valence-electron chi connectivity index (χ0n) is 7.45. The zero-order chi connectivity index (χ0) is 8.55. The number of hydrogen-bond donors (Lipinski definition) is 1. The van der Waals surface area contributed by atoms with E-state index in [1.807, 2.05) is 17.9 Å². The number of hydrogen-bond acceptors (Lipinski definition) is 2. The Hall–Kier alpha value is -0.830. The molecular weight excluding hydrogens is 150 g/mol. The zero-order valence-corrected chi connectivity index (χ0v) is 7.45. The van der Waals surface area contributed by atoms with Crippen LogP contribution in [-0.2, 0) is 13.5 Å². The highest BCUT2D eigenvalue weighted by molar-refractivity contribution is 5.27. The molecule has 1 aliphatic carbocycles. The summed E-state index contributed by atoms with van der Waals surface area (Å²) in [7, 11) is 2.02. The van der Waals surface area contributed by atoms with Crippen molar-refractivity contribution in [1.29, 1.82) is 0 Å². The van der Waals surface area contributed by atoms with Crippen molar-refractivity contribution < 1.29 is 0 Å². The summed E-state index contributed by atoms with van der Waals surface area (Å²) in [4.78, 5) is 0. The van der Waals surface area contributed by atoms with E-state index in [-0.39, 0.29) is 0 Å². The quantitative estimate of drug-likeness (QED) is 0.704. The van der Waals surface area contributed by atoms with Gasteiger partial charge in [-0.2, -0.15) is 5.10 Å². The fraction of sp³-hybridized carbons (Fsp3) is 0.667. The first-order valence-electron chi connectivity index (χ1n) is 4.53. The highest BCUT2D eigenvalue weighted by Gasteiger charge is 2.24. The topological polar surface area (TPSA) is 43.8 Å². The SMILES string of the molecule is Cn1ncc2c1CCC2CCN. The summed E-state index contributed by atoms with van der Waals surface area (Å²) < 4.78 is 1.99. The number of fused-ring (bicyclic) bond motifs is 1. The Kier molecular flexibility index (Phi) is 1.89. The third kappa shape index (κ3) is 1.05. The van der Waals surface area contributed by atoms with E-state index in [0.29, 0.717) is 5.92 Å². The van der Waals surface area contributed by atoms with Crippen LogP contribution in [-0.4, -0.2) is 16.3 Å². The minimum atomic E-state index is 0.679. The van der Waals surface area contributed by atoms with Gasteiger partial charge < -0.3 is 5.73 Å². The van der Waals surface area contributed by atoms with Gasteiger partial charge in [-0.15, -0.1) is 0 Å². The van der Waals surface area contributed by atoms with Crippen LogP contribution in [0.4, 0.5) is 0 Å². The van der Waals surface area contributed by atoms with Gasteiger partial charge >= 0.3 is 0 Å². The number of nitrogens with two attached hydrogens (primary N) is 1. The molecule has 0 bridgehead atoms. The third-order valence-electron chi connectivity index (χ3n) is 2.78. The smallest absolute Gasteiger partial charge is 0.0527 e. The molecular formula is C9H15N3. The lowest BCUT2D eigenvalue weighted by molar-refractivity contribution is 0.614. The molecule has 12 heavy (non-hydrogen) atoms. The van der Waals surface area contributed by atoms with Crippen LogP contribution in [0.1, 0.15) is 30.0 Å². The van der Waals surface area contributed by atoms with E-state index >= 15 is 0 Å². The van der Waals surface area contributed by atoms with Crippen molar-refractivity contribution in [2.24, 2.45) is 12.8 Å². The summed E-state index contributed by atoms with van der Waals surface area (Å²) in [5.41, 5.74) is 8.39. The van der Waals surface area contributed by atoms with Crippen molar-refractivity contribution in [3.63, 3.8) is 0 Å². The Bertz CT molecular complexity index is 277. The van der Waals surface area contributed by atoms with E-state index in [9.17, 15) is 0 Å². The van der Waals surface area contributed by atoms with Gasteiger partial charge in [0.25, 0.3) is 0 Å². The molecule has 0 fully saturated rings. The average molecular weight is 165 g/mol. The van der Waals surface area contributed by atoms with Gasteiger partial charge in [0.2, 0.25) is 0 Å². The van der Waals surface area contributed by atoms with Crippen LogP contribution in [0.3, 0.4) is 0 Å². The van der Waals surface area contributed by atoms with E-state index in [2.05, 4.69) is 5.10 Å². The molecule has 3 heteroatoms. The number of nitrogens with zero attached hydrogens (tertiary/aromatic N) is 2. The summed E-state index contributed by atoms with van der Waals surface area (Å²) >= 11 is 0. The van der Waals surface area contributed by atoms with Crippen molar-refractivity contribution >= 4 is 0 Å². The van der Waals surface area contributed by atoms with E-state index in [1.54, 1.807) is 0 Å². The minimum absolute atomic E-state index is 0.679. The molecule has 1 heterocycles. The van der Waals surface area contributed by atoms with Gasteiger partial charge in [-0.1, -0.05) is 0 Å². The largest absolute Gasteiger partial charge is 0.330 e. The van der Waals surface area contributed by atoms with Crippen LogP contribution in [0.25, 0.3) is 0 Å². The summed E-state index contributed by atoms with van der Waals surface area (Å²) in [5, 5.41) is 4.25. The van der Waals surface area contributed by atoms with E-state index < -0.39 is 0 Å². The van der Waals surface area contributed by atoms with Crippen LogP contribution in [0.2, 0.25) is 0 Å². The van der Waals surface area contributed by atoms with E-state index in [0.717, 1.165) is 13.0 Å². The van der Waals surface area contributed by atoms with Gasteiger partial charge in [-0.3, -0.25) is 4.68 Å². The first-order chi connectivity index (χ1) is 5.83. The molecule has 2 rings (SSSR count). The lowest BCUT2D eigenvalue weighted by Gasteiger charge is -2.05. The minimum Gasteiger partial charge on any atom is -0.330 e. The second-order valence-electron chi connectivity index (χ2n) is 3.48. The molecule has 1 aliphatic rings. The fourth-order valence-corrected chi connectivity index (χ4v) is 2.09. The predicted octanol–water partition coefficient (Wildman–Crippen LogP) is 0.799. The average Bonchev–Trinajstić information content (AvgIpc) is 2.58. The maximum absolute atomic E-state index is 5.55. The monoisotopic (exact) mass is 165 g/mol. The highest BCUT2D eigenvalue weighted by atomic mass is 15.3. The van der Waals surface area contributed by atoms with Crippen LogP contribution >= 0.6 is 0 Å². The maximum atomic E-state index is 5.55.